The normalized spacial score (nSPS) is 10.4. The monoisotopic (exact) mass is 335 g/mol. The molecule has 0 aliphatic rings. The summed E-state index contributed by atoms with van der Waals surface area (Å²) in [5.74, 6) is 2.41. The lowest BCUT2D eigenvalue weighted by Crippen LogP contribution is -2.04. The maximum atomic E-state index is 5.28. The fraction of sp³-hybridized carbons (Fsp3) is 0.333. The van der Waals surface area contributed by atoms with Crippen LogP contribution in [0, 0.1) is 13.8 Å². The molecule has 4 nitrogen and oxygen atoms in total. The number of anilines is 1. The second-order valence-electron chi connectivity index (χ2n) is 4.51. The van der Waals surface area contributed by atoms with E-state index in [9.17, 15) is 0 Å². The van der Waals surface area contributed by atoms with Crippen molar-refractivity contribution in [2.75, 3.05) is 19.0 Å². The van der Waals surface area contributed by atoms with Crippen molar-refractivity contribution in [2.24, 2.45) is 0 Å². The molecule has 1 aromatic heterocycles. The van der Waals surface area contributed by atoms with Crippen LogP contribution in [-0.2, 0) is 0 Å². The summed E-state index contributed by atoms with van der Waals surface area (Å²) in [6.07, 6.45) is 0. The van der Waals surface area contributed by atoms with Crippen molar-refractivity contribution in [3.05, 3.63) is 33.9 Å². The zero-order chi connectivity index (χ0) is 14.7. The summed E-state index contributed by atoms with van der Waals surface area (Å²) in [6.45, 7) is 6.84. The standard InChI is InChI=1S/C15H18BrN3O/c1-5-17-15-13(16)10(3)18-14(19-15)11-6-7-12(20-4)9(2)8-11/h6-8H,5H2,1-4H3,(H,17,18,19). The van der Waals surface area contributed by atoms with Gasteiger partial charge in [0.15, 0.2) is 5.82 Å². The van der Waals surface area contributed by atoms with Gasteiger partial charge in [-0.1, -0.05) is 0 Å². The lowest BCUT2D eigenvalue weighted by Gasteiger charge is -2.11. The number of benzene rings is 1. The fourth-order valence-electron chi connectivity index (χ4n) is 1.99. The Hall–Kier alpha value is -1.62. The lowest BCUT2D eigenvalue weighted by molar-refractivity contribution is 0.412. The van der Waals surface area contributed by atoms with Crippen molar-refractivity contribution < 1.29 is 4.74 Å². The largest absolute Gasteiger partial charge is 0.496 e. The molecule has 0 atom stereocenters. The number of methoxy groups -OCH3 is 1. The van der Waals surface area contributed by atoms with Gasteiger partial charge < -0.3 is 10.1 Å². The third kappa shape index (κ3) is 2.93. The average Bonchev–Trinajstić information content (AvgIpc) is 2.43. The summed E-state index contributed by atoms with van der Waals surface area (Å²) >= 11 is 3.52. The molecule has 0 unspecified atom stereocenters. The molecule has 5 heteroatoms. The van der Waals surface area contributed by atoms with E-state index < -0.39 is 0 Å². The van der Waals surface area contributed by atoms with Crippen molar-refractivity contribution in [3.63, 3.8) is 0 Å². The Morgan fingerprint density at radius 1 is 1.25 bits per heavy atom. The molecule has 0 saturated carbocycles. The summed E-state index contributed by atoms with van der Waals surface area (Å²) in [5, 5.41) is 3.24. The van der Waals surface area contributed by atoms with Gasteiger partial charge in [0.05, 0.1) is 17.3 Å². The molecule has 1 aromatic carbocycles. The van der Waals surface area contributed by atoms with E-state index in [0.717, 1.165) is 39.4 Å². The number of aromatic nitrogens is 2. The zero-order valence-corrected chi connectivity index (χ0v) is 13.7. The second-order valence-corrected chi connectivity index (χ2v) is 5.30. The van der Waals surface area contributed by atoms with Crippen molar-refractivity contribution >= 4 is 21.7 Å². The third-order valence-corrected chi connectivity index (χ3v) is 3.96. The predicted molar refractivity (Wildman–Crippen MR) is 85.4 cm³/mol. The van der Waals surface area contributed by atoms with Crippen molar-refractivity contribution in [3.8, 4) is 17.1 Å². The van der Waals surface area contributed by atoms with Gasteiger partial charge in [-0.05, 0) is 60.5 Å². The van der Waals surface area contributed by atoms with Gasteiger partial charge >= 0.3 is 0 Å². The number of halogens is 1. The first kappa shape index (κ1) is 14.8. The molecule has 0 aliphatic heterocycles. The van der Waals surface area contributed by atoms with Gasteiger partial charge in [-0.25, -0.2) is 9.97 Å². The lowest BCUT2D eigenvalue weighted by atomic mass is 10.1. The molecule has 0 spiro atoms. The number of hydrogen-bond acceptors (Lipinski definition) is 4. The number of hydrogen-bond donors (Lipinski definition) is 1. The molecule has 106 valence electrons. The predicted octanol–water partition coefficient (Wildman–Crippen LogP) is 3.96. The van der Waals surface area contributed by atoms with Crippen molar-refractivity contribution in [2.45, 2.75) is 20.8 Å². The van der Waals surface area contributed by atoms with Gasteiger partial charge in [0.1, 0.15) is 11.6 Å². The number of nitrogens with one attached hydrogen (secondary N) is 1. The van der Waals surface area contributed by atoms with Gasteiger partial charge in [0, 0.05) is 12.1 Å². The Morgan fingerprint density at radius 3 is 2.60 bits per heavy atom. The van der Waals surface area contributed by atoms with Crippen LogP contribution in [-0.4, -0.2) is 23.6 Å². The Balaban J connectivity index is 2.49. The minimum absolute atomic E-state index is 0.715. The highest BCUT2D eigenvalue weighted by molar-refractivity contribution is 9.10. The van der Waals surface area contributed by atoms with Crippen LogP contribution < -0.4 is 10.1 Å². The smallest absolute Gasteiger partial charge is 0.161 e. The first-order valence-corrected chi connectivity index (χ1v) is 7.29. The van der Waals surface area contributed by atoms with Crippen molar-refractivity contribution in [1.29, 1.82) is 0 Å². The summed E-state index contributed by atoms with van der Waals surface area (Å²) in [4.78, 5) is 9.12. The Morgan fingerprint density at radius 2 is 2.00 bits per heavy atom. The van der Waals surface area contributed by atoms with Gasteiger partial charge in [-0.2, -0.15) is 0 Å². The first-order valence-electron chi connectivity index (χ1n) is 6.49. The molecule has 20 heavy (non-hydrogen) atoms. The molecule has 2 rings (SSSR count). The van der Waals surface area contributed by atoms with E-state index in [1.54, 1.807) is 7.11 Å². The van der Waals surface area contributed by atoms with Crippen LogP contribution in [0.3, 0.4) is 0 Å². The van der Waals surface area contributed by atoms with Crippen LogP contribution in [0.25, 0.3) is 11.4 Å². The highest BCUT2D eigenvalue weighted by Crippen LogP contribution is 2.28. The molecule has 1 heterocycles. The highest BCUT2D eigenvalue weighted by Gasteiger charge is 2.11. The minimum Gasteiger partial charge on any atom is -0.496 e. The van der Waals surface area contributed by atoms with Crippen molar-refractivity contribution in [1.82, 2.24) is 9.97 Å². The number of aryl methyl sites for hydroxylation is 2. The number of nitrogens with zero attached hydrogens (tertiary/aromatic N) is 2. The van der Waals surface area contributed by atoms with E-state index in [1.165, 1.54) is 0 Å². The number of ether oxygens (including phenoxy) is 1. The maximum absolute atomic E-state index is 5.28. The molecular weight excluding hydrogens is 318 g/mol. The average molecular weight is 336 g/mol. The quantitative estimate of drug-likeness (QED) is 0.918. The molecule has 1 N–H and O–H groups in total. The molecule has 0 radical (unpaired) electrons. The summed E-state index contributed by atoms with van der Waals surface area (Å²) in [6, 6.07) is 5.96. The molecule has 0 aliphatic carbocycles. The van der Waals surface area contributed by atoms with Crippen LogP contribution in [0.1, 0.15) is 18.2 Å². The summed E-state index contributed by atoms with van der Waals surface area (Å²) in [5.41, 5.74) is 2.97. The SMILES string of the molecule is CCNc1nc(-c2ccc(OC)c(C)c2)nc(C)c1Br. The zero-order valence-electron chi connectivity index (χ0n) is 12.1. The number of rotatable bonds is 4. The van der Waals surface area contributed by atoms with E-state index in [1.807, 2.05) is 39.0 Å². The summed E-state index contributed by atoms with van der Waals surface area (Å²) in [7, 11) is 1.67. The Bertz CT molecular complexity index is 629. The second kappa shape index (κ2) is 6.22. The van der Waals surface area contributed by atoms with Crippen LogP contribution in [0.15, 0.2) is 22.7 Å². The molecular formula is C15H18BrN3O. The van der Waals surface area contributed by atoms with E-state index in [-0.39, 0.29) is 0 Å². The first-order chi connectivity index (χ1) is 9.56. The highest BCUT2D eigenvalue weighted by atomic mass is 79.9. The van der Waals surface area contributed by atoms with E-state index in [2.05, 4.69) is 31.2 Å². The fourth-order valence-corrected chi connectivity index (χ4v) is 2.31. The Kier molecular flexibility index (Phi) is 4.60. The van der Waals surface area contributed by atoms with Crippen LogP contribution in [0.2, 0.25) is 0 Å². The molecule has 0 fully saturated rings. The molecule has 2 aromatic rings. The van der Waals surface area contributed by atoms with Gasteiger partial charge in [-0.15, -0.1) is 0 Å². The Labute approximate surface area is 127 Å². The third-order valence-electron chi connectivity index (χ3n) is 3.01. The maximum Gasteiger partial charge on any atom is 0.161 e. The molecule has 0 bridgehead atoms. The van der Waals surface area contributed by atoms with Gasteiger partial charge in [0.25, 0.3) is 0 Å². The van der Waals surface area contributed by atoms with Crippen LogP contribution >= 0.6 is 15.9 Å². The van der Waals surface area contributed by atoms with E-state index in [4.69, 9.17) is 4.74 Å². The molecule has 0 amide bonds. The van der Waals surface area contributed by atoms with Crippen LogP contribution in [0.4, 0.5) is 5.82 Å². The minimum atomic E-state index is 0.715. The topological polar surface area (TPSA) is 47.0 Å². The van der Waals surface area contributed by atoms with E-state index >= 15 is 0 Å². The van der Waals surface area contributed by atoms with Gasteiger partial charge in [0.2, 0.25) is 0 Å². The molecule has 0 saturated heterocycles. The van der Waals surface area contributed by atoms with Gasteiger partial charge in [-0.3, -0.25) is 0 Å². The van der Waals surface area contributed by atoms with Crippen LogP contribution in [0.5, 0.6) is 5.75 Å². The summed E-state index contributed by atoms with van der Waals surface area (Å²) < 4.78 is 6.19. The van der Waals surface area contributed by atoms with E-state index in [0.29, 0.717) is 5.82 Å².